The smallest absolute Gasteiger partial charge is 0.255 e. The van der Waals surface area contributed by atoms with Gasteiger partial charge in [0, 0.05) is 17.1 Å². The van der Waals surface area contributed by atoms with Crippen molar-refractivity contribution in [3.05, 3.63) is 70.0 Å². The lowest BCUT2D eigenvalue weighted by Crippen LogP contribution is -2.30. The molecule has 1 aromatic heterocycles. The summed E-state index contributed by atoms with van der Waals surface area (Å²) in [7, 11) is 0. The van der Waals surface area contributed by atoms with Gasteiger partial charge in [0.15, 0.2) is 0 Å². The fourth-order valence-electron chi connectivity index (χ4n) is 2.33. The first-order valence-electron chi connectivity index (χ1n) is 7.71. The number of carbonyl (C=O) groups is 1. The maximum atomic E-state index is 12.7. The summed E-state index contributed by atoms with van der Waals surface area (Å²) in [5.41, 5.74) is 1.24. The molecule has 1 heterocycles. The Bertz CT molecular complexity index is 878. The average molecular weight is 376 g/mol. The van der Waals surface area contributed by atoms with E-state index in [-0.39, 0.29) is 12.5 Å². The van der Waals surface area contributed by atoms with Crippen LogP contribution in [0.4, 0.5) is 0 Å². The molecular weight excluding hydrogens is 361 g/mol. The van der Waals surface area contributed by atoms with Crippen molar-refractivity contribution in [1.29, 1.82) is 0 Å². The lowest BCUT2D eigenvalue weighted by atomic mass is 10.2. The molecule has 0 aliphatic rings. The average Bonchev–Trinajstić information content (AvgIpc) is 3.09. The number of rotatable bonds is 5. The van der Waals surface area contributed by atoms with Gasteiger partial charge in [-0.05, 0) is 43.3 Å². The van der Waals surface area contributed by atoms with Gasteiger partial charge in [0.25, 0.3) is 5.91 Å². The first-order valence-corrected chi connectivity index (χ1v) is 8.46. The Morgan fingerprint density at radius 3 is 2.52 bits per heavy atom. The summed E-state index contributed by atoms with van der Waals surface area (Å²) in [5, 5.41) is 5.01. The minimum absolute atomic E-state index is 0.181. The van der Waals surface area contributed by atoms with Crippen molar-refractivity contribution in [3.63, 3.8) is 0 Å². The van der Waals surface area contributed by atoms with E-state index in [0.29, 0.717) is 33.9 Å². The van der Waals surface area contributed by atoms with Crippen molar-refractivity contribution in [1.82, 2.24) is 15.0 Å². The van der Waals surface area contributed by atoms with Crippen molar-refractivity contribution in [2.45, 2.75) is 13.5 Å². The molecule has 128 valence electrons. The van der Waals surface area contributed by atoms with Crippen molar-refractivity contribution < 1.29 is 9.32 Å². The molecule has 0 bridgehead atoms. The van der Waals surface area contributed by atoms with Crippen LogP contribution in [0.2, 0.25) is 10.0 Å². The van der Waals surface area contributed by atoms with Gasteiger partial charge in [-0.2, -0.15) is 4.98 Å². The molecule has 0 radical (unpaired) electrons. The third-order valence-corrected chi connectivity index (χ3v) is 4.25. The van der Waals surface area contributed by atoms with Crippen LogP contribution in [-0.4, -0.2) is 27.5 Å². The van der Waals surface area contributed by atoms with E-state index in [1.165, 1.54) is 0 Å². The van der Waals surface area contributed by atoms with Crippen LogP contribution in [-0.2, 0) is 6.54 Å². The normalized spacial score (nSPS) is 10.7. The highest BCUT2D eigenvalue weighted by Gasteiger charge is 2.20. The number of aromatic nitrogens is 2. The molecule has 3 rings (SSSR count). The van der Waals surface area contributed by atoms with E-state index in [2.05, 4.69) is 10.1 Å². The maximum Gasteiger partial charge on any atom is 0.255 e. The Balaban J connectivity index is 1.77. The van der Waals surface area contributed by atoms with Crippen molar-refractivity contribution in [2.24, 2.45) is 0 Å². The lowest BCUT2D eigenvalue weighted by Gasteiger charge is -2.19. The van der Waals surface area contributed by atoms with Crippen LogP contribution < -0.4 is 0 Å². The molecule has 5 nitrogen and oxygen atoms in total. The molecule has 25 heavy (non-hydrogen) atoms. The van der Waals surface area contributed by atoms with E-state index in [9.17, 15) is 4.79 Å². The summed E-state index contributed by atoms with van der Waals surface area (Å²) in [4.78, 5) is 18.6. The van der Waals surface area contributed by atoms with E-state index in [1.54, 1.807) is 41.3 Å². The monoisotopic (exact) mass is 375 g/mol. The fraction of sp³-hybridized carbons (Fsp3) is 0.167. The van der Waals surface area contributed by atoms with Gasteiger partial charge in [0.2, 0.25) is 11.7 Å². The Kier molecular flexibility index (Phi) is 5.36. The number of hydrogen-bond acceptors (Lipinski definition) is 4. The lowest BCUT2D eigenvalue weighted by molar-refractivity contribution is 0.0734. The van der Waals surface area contributed by atoms with Gasteiger partial charge in [-0.25, -0.2) is 0 Å². The number of halogens is 2. The predicted molar refractivity (Wildman–Crippen MR) is 96.6 cm³/mol. The van der Waals surface area contributed by atoms with Crippen LogP contribution in [0.5, 0.6) is 0 Å². The van der Waals surface area contributed by atoms with Crippen molar-refractivity contribution >= 4 is 29.1 Å². The second-order valence-electron chi connectivity index (χ2n) is 5.32. The number of hydrogen-bond donors (Lipinski definition) is 0. The topological polar surface area (TPSA) is 59.2 Å². The molecule has 3 aromatic rings. The molecule has 0 spiro atoms. The SMILES string of the molecule is CCN(Cc1nc(-c2ccc(Cl)cc2)no1)C(=O)c1ccccc1Cl. The summed E-state index contributed by atoms with van der Waals surface area (Å²) in [6.45, 7) is 2.58. The Labute approximate surface area is 155 Å². The van der Waals surface area contributed by atoms with Crippen molar-refractivity contribution in [3.8, 4) is 11.4 Å². The third-order valence-electron chi connectivity index (χ3n) is 3.67. The quantitative estimate of drug-likeness (QED) is 0.647. The van der Waals surface area contributed by atoms with Crippen LogP contribution in [0.3, 0.4) is 0 Å². The van der Waals surface area contributed by atoms with Gasteiger partial charge in [-0.15, -0.1) is 0 Å². The second-order valence-corrected chi connectivity index (χ2v) is 6.16. The van der Waals surface area contributed by atoms with Gasteiger partial charge in [0.05, 0.1) is 10.6 Å². The minimum Gasteiger partial charge on any atom is -0.337 e. The van der Waals surface area contributed by atoms with Crippen molar-refractivity contribution in [2.75, 3.05) is 6.54 Å². The Morgan fingerprint density at radius 2 is 1.84 bits per heavy atom. The molecule has 0 N–H and O–H groups in total. The van der Waals surface area contributed by atoms with Crippen LogP contribution in [0.25, 0.3) is 11.4 Å². The van der Waals surface area contributed by atoms with E-state index in [0.717, 1.165) is 5.56 Å². The number of amides is 1. The summed E-state index contributed by atoms with van der Waals surface area (Å²) < 4.78 is 5.28. The highest BCUT2D eigenvalue weighted by molar-refractivity contribution is 6.33. The molecule has 0 unspecified atom stereocenters. The Hall–Kier alpha value is -2.37. The zero-order chi connectivity index (χ0) is 17.8. The molecule has 0 saturated heterocycles. The molecule has 0 aliphatic heterocycles. The molecular formula is C18H15Cl2N3O2. The first kappa shape index (κ1) is 17.5. The summed E-state index contributed by atoms with van der Waals surface area (Å²) in [5.74, 6) is 0.624. The van der Waals surface area contributed by atoms with Crippen LogP contribution in [0.1, 0.15) is 23.2 Å². The van der Waals surface area contributed by atoms with Gasteiger partial charge >= 0.3 is 0 Å². The fourth-order valence-corrected chi connectivity index (χ4v) is 2.67. The minimum atomic E-state index is -0.181. The first-order chi connectivity index (χ1) is 12.1. The maximum absolute atomic E-state index is 12.7. The van der Waals surface area contributed by atoms with Gasteiger partial charge in [0.1, 0.15) is 6.54 Å². The highest BCUT2D eigenvalue weighted by Crippen LogP contribution is 2.21. The number of benzene rings is 2. The summed E-state index contributed by atoms with van der Waals surface area (Å²) in [6.07, 6.45) is 0. The van der Waals surface area contributed by atoms with Crippen LogP contribution in [0.15, 0.2) is 53.1 Å². The molecule has 0 atom stereocenters. The number of nitrogens with zero attached hydrogens (tertiary/aromatic N) is 3. The zero-order valence-electron chi connectivity index (χ0n) is 13.4. The second kappa shape index (κ2) is 7.68. The highest BCUT2D eigenvalue weighted by atomic mass is 35.5. The van der Waals surface area contributed by atoms with Gasteiger partial charge < -0.3 is 9.42 Å². The standard InChI is InChI=1S/C18H15Cl2N3O2/c1-2-23(18(24)14-5-3-4-6-15(14)20)11-16-21-17(22-25-16)12-7-9-13(19)10-8-12/h3-10H,2,11H2,1H3. The summed E-state index contributed by atoms with van der Waals surface area (Å²) >= 11 is 12.0. The molecule has 1 amide bonds. The van der Waals surface area contributed by atoms with Crippen LogP contribution in [0, 0.1) is 0 Å². The molecule has 0 aliphatic carbocycles. The molecule has 7 heteroatoms. The van der Waals surface area contributed by atoms with Gasteiger partial charge in [-0.3, -0.25) is 4.79 Å². The van der Waals surface area contributed by atoms with E-state index >= 15 is 0 Å². The Morgan fingerprint density at radius 1 is 1.12 bits per heavy atom. The molecule has 0 saturated carbocycles. The molecule has 2 aromatic carbocycles. The number of carbonyl (C=O) groups excluding carboxylic acids is 1. The zero-order valence-corrected chi connectivity index (χ0v) is 15.0. The van der Waals surface area contributed by atoms with E-state index in [1.807, 2.05) is 19.1 Å². The van der Waals surface area contributed by atoms with Crippen LogP contribution >= 0.6 is 23.2 Å². The van der Waals surface area contributed by atoms with E-state index < -0.39 is 0 Å². The third kappa shape index (κ3) is 4.00. The summed E-state index contributed by atoms with van der Waals surface area (Å²) in [6, 6.07) is 14.1. The van der Waals surface area contributed by atoms with E-state index in [4.69, 9.17) is 27.7 Å². The largest absolute Gasteiger partial charge is 0.337 e. The molecule has 0 fully saturated rings. The van der Waals surface area contributed by atoms with Gasteiger partial charge in [-0.1, -0.05) is 40.5 Å². The predicted octanol–water partition coefficient (Wildman–Crippen LogP) is 4.71.